The highest BCUT2D eigenvalue weighted by Crippen LogP contribution is 2.40. The molecule has 0 N–H and O–H groups in total. The summed E-state index contributed by atoms with van der Waals surface area (Å²) < 4.78 is 43.8. The Balaban J connectivity index is 1.75. The van der Waals surface area contributed by atoms with Crippen LogP contribution in [0.1, 0.15) is 62.8 Å². The number of hydrogen-bond acceptors (Lipinski definition) is 1. The molecule has 1 aromatic carbocycles. The van der Waals surface area contributed by atoms with Gasteiger partial charge in [0.1, 0.15) is 5.75 Å². The van der Waals surface area contributed by atoms with Crippen LogP contribution in [0.5, 0.6) is 5.75 Å². The second-order valence-corrected chi connectivity index (χ2v) is 6.71. The fourth-order valence-electron chi connectivity index (χ4n) is 3.43. The molecule has 0 unspecified atom stereocenters. The fourth-order valence-corrected chi connectivity index (χ4v) is 3.43. The van der Waals surface area contributed by atoms with E-state index in [1.165, 1.54) is 5.56 Å². The third kappa shape index (κ3) is 6.26. The van der Waals surface area contributed by atoms with Crippen molar-refractivity contribution in [1.82, 2.24) is 0 Å². The molecule has 0 bridgehead atoms. The standard InChI is InChI=1S/C21H27F3O/c1-2-3-4-5-6-15-25-19-13-11-17(12-14-19)16-7-9-18(10-8-16)20(22)21(23)24/h2,11-14,16,18H,1,3-10,15H2. The molecule has 0 saturated heterocycles. The predicted octanol–water partition coefficient (Wildman–Crippen LogP) is 7.16. The molecule has 1 saturated carbocycles. The maximum atomic E-state index is 13.3. The van der Waals surface area contributed by atoms with Crippen LogP contribution in [0, 0.1) is 5.92 Å². The first-order valence-electron chi connectivity index (χ1n) is 9.16. The Kier molecular flexibility index (Phi) is 8.10. The molecule has 1 aliphatic rings. The molecule has 2 rings (SSSR count). The van der Waals surface area contributed by atoms with Crippen molar-refractivity contribution in [2.45, 2.75) is 57.3 Å². The Bertz CT molecular complexity index is 553. The van der Waals surface area contributed by atoms with Crippen LogP contribution in [0.15, 0.2) is 48.8 Å². The Hall–Kier alpha value is -1.71. The smallest absolute Gasteiger partial charge is 0.301 e. The van der Waals surface area contributed by atoms with Crippen LogP contribution in [-0.2, 0) is 0 Å². The van der Waals surface area contributed by atoms with E-state index in [0.29, 0.717) is 25.4 Å². The quantitative estimate of drug-likeness (QED) is 0.338. The minimum absolute atomic E-state index is 0.319. The summed E-state index contributed by atoms with van der Waals surface area (Å²) in [5.41, 5.74) is 1.18. The summed E-state index contributed by atoms with van der Waals surface area (Å²) >= 11 is 0. The lowest BCUT2D eigenvalue weighted by Gasteiger charge is -2.27. The lowest BCUT2D eigenvalue weighted by Crippen LogP contribution is -2.14. The summed E-state index contributed by atoms with van der Waals surface area (Å²) in [6.07, 6.45) is 6.60. The van der Waals surface area contributed by atoms with Crippen molar-refractivity contribution in [3.8, 4) is 5.75 Å². The van der Waals surface area contributed by atoms with Crippen molar-refractivity contribution in [2.24, 2.45) is 5.92 Å². The summed E-state index contributed by atoms with van der Waals surface area (Å²) in [4.78, 5) is 0. The number of benzene rings is 1. The van der Waals surface area contributed by atoms with Gasteiger partial charge in [0.2, 0.25) is 0 Å². The molecule has 1 nitrogen and oxygen atoms in total. The van der Waals surface area contributed by atoms with Gasteiger partial charge in [-0.25, -0.2) is 4.39 Å². The summed E-state index contributed by atoms with van der Waals surface area (Å²) in [5, 5.41) is 0. The Morgan fingerprint density at radius 2 is 1.68 bits per heavy atom. The van der Waals surface area contributed by atoms with Crippen molar-refractivity contribution >= 4 is 0 Å². The first kappa shape index (κ1) is 19.6. The molecule has 0 radical (unpaired) electrons. The van der Waals surface area contributed by atoms with Crippen molar-refractivity contribution in [3.63, 3.8) is 0 Å². The number of unbranched alkanes of at least 4 members (excludes halogenated alkanes) is 3. The molecule has 0 atom stereocenters. The molecule has 0 amide bonds. The predicted molar refractivity (Wildman–Crippen MR) is 95.7 cm³/mol. The van der Waals surface area contributed by atoms with Crippen molar-refractivity contribution in [1.29, 1.82) is 0 Å². The zero-order valence-electron chi connectivity index (χ0n) is 14.7. The first-order valence-corrected chi connectivity index (χ1v) is 9.16. The van der Waals surface area contributed by atoms with Gasteiger partial charge in [-0.15, -0.1) is 6.58 Å². The van der Waals surface area contributed by atoms with Gasteiger partial charge in [0.25, 0.3) is 0 Å². The molecule has 1 fully saturated rings. The molecule has 4 heteroatoms. The average Bonchev–Trinajstić information content (AvgIpc) is 2.64. The summed E-state index contributed by atoms with van der Waals surface area (Å²) in [6.45, 7) is 4.42. The molecule has 1 aliphatic carbocycles. The topological polar surface area (TPSA) is 9.23 Å². The SMILES string of the molecule is C=CCCCCCOc1ccc(C2CCC(C(F)=C(F)F)CC2)cc1. The largest absolute Gasteiger partial charge is 0.494 e. The van der Waals surface area contributed by atoms with E-state index in [2.05, 4.69) is 6.58 Å². The Morgan fingerprint density at radius 3 is 2.28 bits per heavy atom. The number of allylic oxidation sites excluding steroid dienone is 2. The highest BCUT2D eigenvalue weighted by atomic mass is 19.3. The van der Waals surface area contributed by atoms with Crippen LogP contribution in [0.25, 0.3) is 0 Å². The fraction of sp³-hybridized carbons (Fsp3) is 0.524. The van der Waals surface area contributed by atoms with Crippen LogP contribution in [0.3, 0.4) is 0 Å². The normalized spacial score (nSPS) is 20.1. The van der Waals surface area contributed by atoms with Crippen molar-refractivity contribution in [2.75, 3.05) is 6.61 Å². The molecular formula is C21H27F3O. The van der Waals surface area contributed by atoms with Crippen LogP contribution >= 0.6 is 0 Å². The van der Waals surface area contributed by atoms with Gasteiger partial charge in [0.15, 0.2) is 5.83 Å². The number of halogens is 3. The third-order valence-corrected chi connectivity index (χ3v) is 4.94. The second-order valence-electron chi connectivity index (χ2n) is 6.71. The van der Waals surface area contributed by atoms with Crippen LogP contribution in [-0.4, -0.2) is 6.61 Å². The summed E-state index contributed by atoms with van der Waals surface area (Å²) in [7, 11) is 0. The molecular weight excluding hydrogens is 325 g/mol. The van der Waals surface area contributed by atoms with Crippen molar-refractivity contribution < 1.29 is 17.9 Å². The molecule has 1 aromatic rings. The number of rotatable bonds is 9. The monoisotopic (exact) mass is 352 g/mol. The van der Waals surface area contributed by atoms with E-state index in [0.717, 1.165) is 44.3 Å². The highest BCUT2D eigenvalue weighted by molar-refractivity contribution is 5.29. The van der Waals surface area contributed by atoms with E-state index in [-0.39, 0.29) is 0 Å². The summed E-state index contributed by atoms with van der Waals surface area (Å²) in [6, 6.07) is 8.01. The molecule has 0 spiro atoms. The van der Waals surface area contributed by atoms with Gasteiger partial charge in [-0.1, -0.05) is 18.2 Å². The van der Waals surface area contributed by atoms with Gasteiger partial charge in [-0.2, -0.15) is 8.78 Å². The molecule has 0 aromatic heterocycles. The number of ether oxygens (including phenoxy) is 1. The summed E-state index contributed by atoms with van der Waals surface area (Å²) in [5.74, 6) is -0.644. The van der Waals surface area contributed by atoms with Gasteiger partial charge in [-0.05, 0) is 75.0 Å². The number of hydrogen-bond donors (Lipinski definition) is 0. The lowest BCUT2D eigenvalue weighted by molar-refractivity contribution is 0.281. The van der Waals surface area contributed by atoms with Gasteiger partial charge in [0.05, 0.1) is 6.61 Å². The maximum Gasteiger partial charge on any atom is 0.301 e. The minimum atomic E-state index is -2.16. The minimum Gasteiger partial charge on any atom is -0.494 e. The third-order valence-electron chi connectivity index (χ3n) is 4.94. The van der Waals surface area contributed by atoms with E-state index >= 15 is 0 Å². The van der Waals surface area contributed by atoms with E-state index in [9.17, 15) is 13.2 Å². The van der Waals surface area contributed by atoms with E-state index in [4.69, 9.17) is 4.74 Å². The Labute approximate surface area is 148 Å². The zero-order chi connectivity index (χ0) is 18.1. The molecule has 25 heavy (non-hydrogen) atoms. The molecule has 0 heterocycles. The highest BCUT2D eigenvalue weighted by Gasteiger charge is 2.27. The van der Waals surface area contributed by atoms with E-state index < -0.39 is 17.8 Å². The van der Waals surface area contributed by atoms with Crippen LogP contribution in [0.2, 0.25) is 0 Å². The van der Waals surface area contributed by atoms with Gasteiger partial charge < -0.3 is 4.74 Å². The average molecular weight is 352 g/mol. The van der Waals surface area contributed by atoms with E-state index in [1.54, 1.807) is 0 Å². The first-order chi connectivity index (χ1) is 12.1. The van der Waals surface area contributed by atoms with Crippen LogP contribution in [0.4, 0.5) is 13.2 Å². The van der Waals surface area contributed by atoms with Crippen molar-refractivity contribution in [3.05, 3.63) is 54.4 Å². The van der Waals surface area contributed by atoms with Crippen LogP contribution < -0.4 is 4.74 Å². The Morgan fingerprint density at radius 1 is 1.00 bits per heavy atom. The molecule has 0 aliphatic heterocycles. The second kappa shape index (κ2) is 10.3. The van der Waals surface area contributed by atoms with Gasteiger partial charge in [-0.3, -0.25) is 0 Å². The lowest BCUT2D eigenvalue weighted by atomic mass is 9.78. The van der Waals surface area contributed by atoms with Gasteiger partial charge in [0, 0.05) is 5.92 Å². The molecule has 138 valence electrons. The zero-order valence-corrected chi connectivity index (χ0v) is 14.7. The van der Waals surface area contributed by atoms with E-state index in [1.807, 2.05) is 30.3 Å². The van der Waals surface area contributed by atoms with Gasteiger partial charge >= 0.3 is 6.08 Å². The maximum absolute atomic E-state index is 13.3.